The normalized spacial score (nSPS) is 12.5. The Labute approximate surface area is 189 Å². The molecule has 0 fully saturated rings. The molecule has 1 aromatic carbocycles. The zero-order valence-electron chi connectivity index (χ0n) is 18.4. The Kier molecular flexibility index (Phi) is 8.72. The van der Waals surface area contributed by atoms with E-state index in [1.807, 2.05) is 37.4 Å². The van der Waals surface area contributed by atoms with Gasteiger partial charge in [0.15, 0.2) is 0 Å². The van der Waals surface area contributed by atoms with Crippen LogP contribution in [0.3, 0.4) is 0 Å². The standard InChI is InChI=1S/C26H31ClN2O2/c1-3-4-5-11-22-23-13-12-21(27)17-25(23)31-24(22)14-15-26(30)29-19(2)8-6-9-20-10-7-16-28-18-20/h7,10,12-19H,3-6,8-9,11H2,1-2H3,(H,29,30)/b15-14+. The number of carbonyl (C=O) groups excluding carboxylic acids is 1. The maximum absolute atomic E-state index is 12.4. The molecule has 0 spiro atoms. The van der Waals surface area contributed by atoms with E-state index in [0.717, 1.165) is 60.8 Å². The van der Waals surface area contributed by atoms with Crippen LogP contribution in [0.2, 0.25) is 5.02 Å². The molecule has 0 radical (unpaired) electrons. The van der Waals surface area contributed by atoms with Crippen molar-refractivity contribution in [3.63, 3.8) is 0 Å². The molecular weight excluding hydrogens is 408 g/mol. The monoisotopic (exact) mass is 438 g/mol. The minimum absolute atomic E-state index is 0.104. The molecule has 0 aliphatic carbocycles. The van der Waals surface area contributed by atoms with E-state index in [9.17, 15) is 4.79 Å². The van der Waals surface area contributed by atoms with Crippen molar-refractivity contribution in [3.05, 3.63) is 70.7 Å². The van der Waals surface area contributed by atoms with E-state index in [-0.39, 0.29) is 11.9 Å². The van der Waals surface area contributed by atoms with E-state index < -0.39 is 0 Å². The zero-order valence-corrected chi connectivity index (χ0v) is 19.1. The van der Waals surface area contributed by atoms with Crippen LogP contribution in [0.15, 0.2) is 53.2 Å². The van der Waals surface area contributed by atoms with E-state index >= 15 is 0 Å². The summed E-state index contributed by atoms with van der Waals surface area (Å²) in [7, 11) is 0. The first kappa shape index (κ1) is 23.1. The third-order valence-electron chi connectivity index (χ3n) is 5.42. The Bertz CT molecular complexity index is 1010. The fourth-order valence-corrected chi connectivity index (χ4v) is 3.92. The number of hydrogen-bond acceptors (Lipinski definition) is 3. The van der Waals surface area contributed by atoms with Crippen molar-refractivity contribution in [2.24, 2.45) is 0 Å². The van der Waals surface area contributed by atoms with Crippen LogP contribution in [0, 0.1) is 0 Å². The third-order valence-corrected chi connectivity index (χ3v) is 5.65. The van der Waals surface area contributed by atoms with Gasteiger partial charge in [0.2, 0.25) is 5.91 Å². The number of aryl methyl sites for hydroxylation is 2. The van der Waals surface area contributed by atoms with Gasteiger partial charge in [0, 0.05) is 46.6 Å². The molecule has 1 amide bonds. The molecule has 1 unspecified atom stereocenters. The molecule has 2 aromatic heterocycles. The van der Waals surface area contributed by atoms with E-state index in [0.29, 0.717) is 5.02 Å². The van der Waals surface area contributed by atoms with Crippen molar-refractivity contribution in [2.45, 2.75) is 64.8 Å². The first-order chi connectivity index (χ1) is 15.1. The summed E-state index contributed by atoms with van der Waals surface area (Å²) < 4.78 is 6.02. The van der Waals surface area contributed by atoms with Crippen molar-refractivity contribution >= 4 is 34.6 Å². The highest BCUT2D eigenvalue weighted by Crippen LogP contribution is 2.30. The van der Waals surface area contributed by atoms with E-state index in [2.05, 4.69) is 23.3 Å². The quantitative estimate of drug-likeness (QED) is 0.266. The average Bonchev–Trinajstić information content (AvgIpc) is 3.09. The minimum Gasteiger partial charge on any atom is -0.456 e. The Hall–Kier alpha value is -2.59. The number of hydrogen-bond donors (Lipinski definition) is 1. The lowest BCUT2D eigenvalue weighted by Crippen LogP contribution is -2.31. The molecule has 0 aliphatic heterocycles. The van der Waals surface area contributed by atoms with Crippen LogP contribution in [0.25, 0.3) is 17.0 Å². The Morgan fingerprint density at radius 3 is 2.87 bits per heavy atom. The lowest BCUT2D eigenvalue weighted by molar-refractivity contribution is -0.117. The molecular formula is C26H31ClN2O2. The minimum atomic E-state index is -0.105. The smallest absolute Gasteiger partial charge is 0.244 e. The van der Waals surface area contributed by atoms with Gasteiger partial charge in [-0.1, -0.05) is 37.4 Å². The molecule has 0 bridgehead atoms. The largest absolute Gasteiger partial charge is 0.456 e. The van der Waals surface area contributed by atoms with Gasteiger partial charge < -0.3 is 9.73 Å². The van der Waals surface area contributed by atoms with Gasteiger partial charge in [0.25, 0.3) is 0 Å². The van der Waals surface area contributed by atoms with Gasteiger partial charge in [-0.05, 0) is 68.9 Å². The van der Waals surface area contributed by atoms with Crippen molar-refractivity contribution < 1.29 is 9.21 Å². The molecule has 1 atom stereocenters. The number of pyridine rings is 1. The van der Waals surface area contributed by atoms with Crippen LogP contribution in [0.5, 0.6) is 0 Å². The number of furan rings is 1. The number of aromatic nitrogens is 1. The Morgan fingerprint density at radius 1 is 1.23 bits per heavy atom. The summed E-state index contributed by atoms with van der Waals surface area (Å²) in [4.78, 5) is 16.6. The zero-order chi connectivity index (χ0) is 22.1. The molecule has 4 nitrogen and oxygen atoms in total. The predicted octanol–water partition coefficient (Wildman–Crippen LogP) is 6.75. The average molecular weight is 439 g/mol. The van der Waals surface area contributed by atoms with Crippen molar-refractivity contribution in [3.8, 4) is 0 Å². The summed E-state index contributed by atoms with van der Waals surface area (Å²) in [6, 6.07) is 9.86. The topological polar surface area (TPSA) is 55.1 Å². The first-order valence-corrected chi connectivity index (χ1v) is 11.5. The predicted molar refractivity (Wildman–Crippen MR) is 128 cm³/mol. The number of unbranched alkanes of at least 4 members (excludes halogenated alkanes) is 2. The van der Waals surface area contributed by atoms with Crippen molar-refractivity contribution in [1.82, 2.24) is 10.3 Å². The van der Waals surface area contributed by atoms with Gasteiger partial charge in [-0.15, -0.1) is 0 Å². The summed E-state index contributed by atoms with van der Waals surface area (Å²) in [6.45, 7) is 4.23. The first-order valence-electron chi connectivity index (χ1n) is 11.1. The summed E-state index contributed by atoms with van der Waals surface area (Å²) in [6.07, 6.45) is 14.3. The van der Waals surface area contributed by atoms with Gasteiger partial charge in [-0.2, -0.15) is 0 Å². The molecule has 1 N–H and O–H groups in total. The van der Waals surface area contributed by atoms with Crippen molar-refractivity contribution in [2.75, 3.05) is 0 Å². The van der Waals surface area contributed by atoms with Gasteiger partial charge in [0.1, 0.15) is 11.3 Å². The number of nitrogens with zero attached hydrogens (tertiary/aromatic N) is 1. The highest BCUT2D eigenvalue weighted by Gasteiger charge is 2.13. The molecule has 164 valence electrons. The summed E-state index contributed by atoms with van der Waals surface area (Å²) in [5, 5.41) is 4.77. The lowest BCUT2D eigenvalue weighted by Gasteiger charge is -2.12. The molecule has 5 heteroatoms. The maximum atomic E-state index is 12.4. The second-order valence-corrected chi connectivity index (χ2v) is 8.48. The number of amides is 1. The summed E-state index contributed by atoms with van der Waals surface area (Å²) >= 11 is 6.13. The highest BCUT2D eigenvalue weighted by molar-refractivity contribution is 6.31. The number of fused-ring (bicyclic) bond motifs is 1. The fourth-order valence-electron chi connectivity index (χ4n) is 3.76. The maximum Gasteiger partial charge on any atom is 0.244 e. The fraction of sp³-hybridized carbons (Fsp3) is 0.385. The number of nitrogens with one attached hydrogen (secondary N) is 1. The lowest BCUT2D eigenvalue weighted by atomic mass is 10.0. The molecule has 3 aromatic rings. The summed E-state index contributed by atoms with van der Waals surface area (Å²) in [5.74, 6) is 0.639. The molecule has 3 rings (SSSR count). The molecule has 0 saturated carbocycles. The van der Waals surface area contributed by atoms with Crippen LogP contribution in [0.1, 0.15) is 62.8 Å². The SMILES string of the molecule is CCCCCc1c(/C=C/C(=O)NC(C)CCCc2cccnc2)oc2cc(Cl)ccc12. The van der Waals surface area contributed by atoms with Crippen LogP contribution in [-0.4, -0.2) is 16.9 Å². The Balaban J connectivity index is 1.59. The molecule has 2 heterocycles. The number of carbonyl (C=O) groups is 1. The number of benzene rings is 1. The van der Waals surface area contributed by atoms with Crippen LogP contribution < -0.4 is 5.32 Å². The third kappa shape index (κ3) is 6.96. The van der Waals surface area contributed by atoms with Crippen LogP contribution >= 0.6 is 11.6 Å². The van der Waals surface area contributed by atoms with Gasteiger partial charge in [0.05, 0.1) is 0 Å². The van der Waals surface area contributed by atoms with Gasteiger partial charge in [-0.25, -0.2) is 0 Å². The van der Waals surface area contributed by atoms with E-state index in [1.54, 1.807) is 18.3 Å². The summed E-state index contributed by atoms with van der Waals surface area (Å²) in [5.41, 5.74) is 3.14. The number of rotatable bonds is 11. The van der Waals surface area contributed by atoms with Crippen molar-refractivity contribution in [1.29, 1.82) is 0 Å². The Morgan fingerprint density at radius 2 is 2.10 bits per heavy atom. The second kappa shape index (κ2) is 11.7. The van der Waals surface area contributed by atoms with E-state index in [1.165, 1.54) is 12.0 Å². The molecule has 0 aliphatic rings. The van der Waals surface area contributed by atoms with Crippen LogP contribution in [0.4, 0.5) is 0 Å². The molecule has 0 saturated heterocycles. The van der Waals surface area contributed by atoms with E-state index in [4.69, 9.17) is 16.0 Å². The highest BCUT2D eigenvalue weighted by atomic mass is 35.5. The van der Waals surface area contributed by atoms with Gasteiger partial charge in [-0.3, -0.25) is 9.78 Å². The number of halogens is 1. The van der Waals surface area contributed by atoms with Crippen LogP contribution in [-0.2, 0) is 17.6 Å². The van der Waals surface area contributed by atoms with Gasteiger partial charge >= 0.3 is 0 Å². The second-order valence-electron chi connectivity index (χ2n) is 8.04. The molecule has 31 heavy (non-hydrogen) atoms.